The number of anilines is 2. The standard InChI is InChI=1S/C47H57N8O8P/c1-31(2)55(32(3)4)64(61-25-13-24-48)63-42-41-44(53-27-33(5)43(56)51-45(53)57)62-46(42,28-54(41)40-26-39(52(6)7)49-30-50-40)29-60-47(34-14-11-10-12-15-34,35-16-20-37(58-8)21-17-35)36-18-22-38(59-9)23-19-36/h10-12,14-23,26-27,30-32,41-42,44H,13,25,28-29H2,1-9H3,(H,51,56,57)/t41-,42+,44-,46-,64?/m1/s1. The van der Waals surface area contributed by atoms with Gasteiger partial charge in [0.25, 0.3) is 14.1 Å². The van der Waals surface area contributed by atoms with E-state index < -0.39 is 49.4 Å². The highest BCUT2D eigenvalue weighted by molar-refractivity contribution is 7.44. The topological polar surface area (TPSA) is 170 Å². The van der Waals surface area contributed by atoms with E-state index in [4.69, 9.17) is 33.0 Å². The summed E-state index contributed by atoms with van der Waals surface area (Å²) in [5, 5.41) is 9.59. The molecule has 0 spiro atoms. The molecule has 7 rings (SSSR count). The number of hydrogen-bond acceptors (Lipinski definition) is 14. The second kappa shape index (κ2) is 19.6. The lowest BCUT2D eigenvalue weighted by atomic mass is 9.79. The molecule has 2 bridgehead atoms. The minimum Gasteiger partial charge on any atom is -0.497 e. The van der Waals surface area contributed by atoms with Gasteiger partial charge in [-0.25, -0.2) is 19.4 Å². The van der Waals surface area contributed by atoms with Crippen LogP contribution in [0.4, 0.5) is 11.6 Å². The predicted molar refractivity (Wildman–Crippen MR) is 245 cm³/mol. The zero-order valence-corrected chi connectivity index (χ0v) is 38.7. The van der Waals surface area contributed by atoms with Gasteiger partial charge in [-0.05, 0) is 75.6 Å². The van der Waals surface area contributed by atoms with Crippen LogP contribution in [-0.4, -0.2) is 102 Å². The molecule has 3 aromatic carbocycles. The highest BCUT2D eigenvalue weighted by Gasteiger charge is 2.67. The van der Waals surface area contributed by atoms with Crippen molar-refractivity contribution in [3.63, 3.8) is 0 Å². The second-order valence-electron chi connectivity index (χ2n) is 16.7. The maximum absolute atomic E-state index is 13.9. The summed E-state index contributed by atoms with van der Waals surface area (Å²) in [4.78, 5) is 42.5. The Bertz CT molecular complexity index is 2460. The number of ether oxygens (including phenoxy) is 4. The third-order valence-corrected chi connectivity index (χ3v) is 13.8. The predicted octanol–water partition coefficient (Wildman–Crippen LogP) is 6.54. The lowest BCUT2D eigenvalue weighted by Gasteiger charge is -2.42. The molecule has 0 amide bonds. The van der Waals surface area contributed by atoms with Gasteiger partial charge in [0.2, 0.25) is 0 Å². The summed E-state index contributed by atoms with van der Waals surface area (Å²) in [7, 11) is 5.20. The van der Waals surface area contributed by atoms with Gasteiger partial charge in [0.15, 0.2) is 6.23 Å². The van der Waals surface area contributed by atoms with Gasteiger partial charge in [-0.1, -0.05) is 54.6 Å². The Hall–Kier alpha value is -5.66. The Kier molecular flexibility index (Phi) is 14.2. The van der Waals surface area contributed by atoms with Gasteiger partial charge in [0, 0.05) is 44.0 Å². The maximum Gasteiger partial charge on any atom is 0.330 e. The molecule has 5 atom stereocenters. The molecule has 5 aromatic rings. The third kappa shape index (κ3) is 9.02. The number of nitrogens with zero attached hydrogens (tertiary/aromatic N) is 7. The summed E-state index contributed by atoms with van der Waals surface area (Å²) >= 11 is 0. The van der Waals surface area contributed by atoms with Crippen LogP contribution in [0.25, 0.3) is 0 Å². The zero-order chi connectivity index (χ0) is 45.8. The molecule has 1 unspecified atom stereocenters. The number of hydrogen-bond donors (Lipinski definition) is 1. The molecule has 4 heterocycles. The monoisotopic (exact) mass is 892 g/mol. The van der Waals surface area contributed by atoms with E-state index in [2.05, 4.69) is 53.3 Å². The van der Waals surface area contributed by atoms with Gasteiger partial charge in [0.1, 0.15) is 52.8 Å². The minimum atomic E-state index is -1.86. The lowest BCUT2D eigenvalue weighted by Crippen LogP contribution is -2.52. The summed E-state index contributed by atoms with van der Waals surface area (Å²) in [5.74, 6) is 2.59. The zero-order valence-electron chi connectivity index (χ0n) is 37.8. The molecule has 2 aliphatic rings. The summed E-state index contributed by atoms with van der Waals surface area (Å²) < 4.78 is 43.6. The van der Waals surface area contributed by atoms with Crippen molar-refractivity contribution in [2.45, 2.75) is 82.7 Å². The Balaban J connectivity index is 1.47. The van der Waals surface area contributed by atoms with E-state index in [-0.39, 0.29) is 38.3 Å². The van der Waals surface area contributed by atoms with Crippen LogP contribution in [-0.2, 0) is 24.1 Å². The van der Waals surface area contributed by atoms with E-state index in [1.54, 1.807) is 21.1 Å². The van der Waals surface area contributed by atoms with E-state index >= 15 is 0 Å². The number of methoxy groups -OCH3 is 2. The van der Waals surface area contributed by atoms with Gasteiger partial charge < -0.3 is 37.8 Å². The van der Waals surface area contributed by atoms with Crippen molar-refractivity contribution in [3.8, 4) is 17.6 Å². The lowest BCUT2D eigenvalue weighted by molar-refractivity contribution is -0.157. The summed E-state index contributed by atoms with van der Waals surface area (Å²) in [6, 6.07) is 28.8. The highest BCUT2D eigenvalue weighted by Crippen LogP contribution is 2.57. The Morgan fingerprint density at radius 2 is 1.55 bits per heavy atom. The van der Waals surface area contributed by atoms with Crippen molar-refractivity contribution in [1.82, 2.24) is 24.2 Å². The van der Waals surface area contributed by atoms with Crippen molar-refractivity contribution in [3.05, 3.63) is 141 Å². The quantitative estimate of drug-likeness (QED) is 0.0539. The van der Waals surface area contributed by atoms with E-state index in [9.17, 15) is 14.9 Å². The molecule has 0 saturated carbocycles. The van der Waals surface area contributed by atoms with Crippen molar-refractivity contribution in [1.29, 1.82) is 5.26 Å². The summed E-state index contributed by atoms with van der Waals surface area (Å²) in [6.45, 7) is 10.2. The van der Waals surface area contributed by atoms with Crippen LogP contribution in [0, 0.1) is 18.3 Å². The molecule has 2 aromatic heterocycles. The minimum absolute atomic E-state index is 0.0165. The number of rotatable bonds is 19. The molecule has 2 saturated heterocycles. The Labute approximate surface area is 375 Å². The molecule has 17 heteroatoms. The number of nitrogens with one attached hydrogen (secondary N) is 1. The fraction of sp³-hybridized carbons (Fsp3) is 0.426. The number of aromatic amines is 1. The molecule has 0 radical (unpaired) electrons. The van der Waals surface area contributed by atoms with Crippen molar-refractivity contribution in [2.75, 3.05) is 57.9 Å². The maximum atomic E-state index is 13.9. The summed E-state index contributed by atoms with van der Waals surface area (Å²) in [6.07, 6.45) is 1.32. The van der Waals surface area contributed by atoms with Gasteiger partial charge in [-0.15, -0.1) is 0 Å². The van der Waals surface area contributed by atoms with E-state index in [0.717, 1.165) is 16.7 Å². The molecule has 64 heavy (non-hydrogen) atoms. The first-order valence-corrected chi connectivity index (χ1v) is 22.4. The van der Waals surface area contributed by atoms with Gasteiger partial charge >= 0.3 is 5.69 Å². The van der Waals surface area contributed by atoms with Crippen LogP contribution in [0.3, 0.4) is 0 Å². The van der Waals surface area contributed by atoms with Crippen molar-refractivity contribution in [2.24, 2.45) is 0 Å². The molecular weight excluding hydrogens is 836 g/mol. The smallest absolute Gasteiger partial charge is 0.330 e. The molecule has 2 aliphatic heterocycles. The number of nitriles is 1. The van der Waals surface area contributed by atoms with E-state index in [1.807, 2.05) is 104 Å². The normalized spacial score (nSPS) is 19.9. The van der Waals surface area contributed by atoms with Crippen LogP contribution in [0.2, 0.25) is 0 Å². The Morgan fingerprint density at radius 1 is 0.938 bits per heavy atom. The molecule has 2 fully saturated rings. The number of aryl methyl sites for hydroxylation is 1. The van der Waals surface area contributed by atoms with Crippen molar-refractivity contribution < 1.29 is 28.0 Å². The Morgan fingerprint density at radius 3 is 2.11 bits per heavy atom. The van der Waals surface area contributed by atoms with Crippen LogP contribution in [0.5, 0.6) is 11.5 Å². The number of aromatic nitrogens is 4. The fourth-order valence-electron chi connectivity index (χ4n) is 8.66. The van der Waals surface area contributed by atoms with E-state index in [1.165, 1.54) is 17.1 Å². The number of fused-ring (bicyclic) bond motifs is 2. The SMILES string of the molecule is COc1ccc(C(OC[C@@]23CN(c4cc(N(C)C)ncn4)[C@@H]([C@H](n4cc(C)c(=O)[nH]c4=O)O2)[C@@H]3OP(OCCC#N)N(C(C)C)C(C)C)(c2ccccc2)c2ccc(OC)cc2)cc1. The molecule has 1 N–H and O–H groups in total. The molecule has 0 aliphatic carbocycles. The largest absolute Gasteiger partial charge is 0.497 e. The third-order valence-electron chi connectivity index (χ3n) is 11.7. The first kappa shape index (κ1) is 46.3. The average Bonchev–Trinajstić information content (AvgIpc) is 3.77. The first-order chi connectivity index (χ1) is 30.8. The van der Waals surface area contributed by atoms with Crippen LogP contribution < -0.4 is 30.5 Å². The van der Waals surface area contributed by atoms with E-state index in [0.29, 0.717) is 28.7 Å². The van der Waals surface area contributed by atoms with Crippen LogP contribution in [0.1, 0.15) is 62.6 Å². The summed E-state index contributed by atoms with van der Waals surface area (Å²) in [5.41, 5.74) is -0.938. The second-order valence-corrected chi connectivity index (χ2v) is 18.1. The fourth-order valence-corrected chi connectivity index (χ4v) is 10.5. The molecule has 338 valence electrons. The molecule has 16 nitrogen and oxygen atoms in total. The van der Waals surface area contributed by atoms with Gasteiger partial charge in [-0.2, -0.15) is 5.26 Å². The first-order valence-electron chi connectivity index (χ1n) is 21.3. The number of H-pyrrole nitrogens is 1. The van der Waals surface area contributed by atoms with Gasteiger partial charge in [-0.3, -0.25) is 14.3 Å². The van der Waals surface area contributed by atoms with Crippen LogP contribution in [0.15, 0.2) is 107 Å². The molecular formula is C47H57N8O8P. The number of benzene rings is 3. The van der Waals surface area contributed by atoms with Crippen LogP contribution >= 0.6 is 8.53 Å². The average molecular weight is 893 g/mol. The van der Waals surface area contributed by atoms with Gasteiger partial charge in [0.05, 0.1) is 46.5 Å². The van der Waals surface area contributed by atoms with Crippen molar-refractivity contribution >= 4 is 20.2 Å². The number of morpholine rings is 1. The highest BCUT2D eigenvalue weighted by atomic mass is 31.2.